The summed E-state index contributed by atoms with van der Waals surface area (Å²) in [5, 5.41) is 0.976. The Hall–Kier alpha value is -1.49. The normalized spacial score (nSPS) is 19.2. The summed E-state index contributed by atoms with van der Waals surface area (Å²) in [6, 6.07) is 9.20. The van der Waals surface area contributed by atoms with E-state index in [-0.39, 0.29) is 0 Å². The van der Waals surface area contributed by atoms with Gasteiger partial charge in [0.05, 0.1) is 16.8 Å². The smallest absolute Gasteiger partial charge is 0.233 e. The standard InChI is InChI=1S/C23H33N3OS/c1-2-25-21-16-10-9-15-20(21)24-23(25)28-17-22(27)26(18-11-5-3-6-12-18)19-13-7-4-8-14-19/h9-10,15-16,18-19H,2-8,11-14,17H2,1H3. The molecule has 1 aromatic carbocycles. The number of thioether (sulfide) groups is 1. The van der Waals surface area contributed by atoms with Gasteiger partial charge in [0.25, 0.3) is 0 Å². The molecule has 1 heterocycles. The van der Waals surface area contributed by atoms with E-state index in [4.69, 9.17) is 4.98 Å². The summed E-state index contributed by atoms with van der Waals surface area (Å²) in [7, 11) is 0. The summed E-state index contributed by atoms with van der Waals surface area (Å²) >= 11 is 1.62. The molecular formula is C23H33N3OS. The van der Waals surface area contributed by atoms with Crippen molar-refractivity contribution in [2.75, 3.05) is 5.75 Å². The second kappa shape index (κ2) is 9.34. The van der Waals surface area contributed by atoms with Gasteiger partial charge in [0.15, 0.2) is 5.16 Å². The fourth-order valence-corrected chi connectivity index (χ4v) is 6.04. The number of benzene rings is 1. The van der Waals surface area contributed by atoms with Gasteiger partial charge in [-0.3, -0.25) is 4.79 Å². The second-order valence-corrected chi connectivity index (χ2v) is 9.24. The van der Waals surface area contributed by atoms with Crippen LogP contribution in [0, 0.1) is 0 Å². The Morgan fingerprint density at radius 3 is 2.25 bits per heavy atom. The van der Waals surface area contributed by atoms with Gasteiger partial charge in [-0.25, -0.2) is 4.98 Å². The summed E-state index contributed by atoms with van der Waals surface area (Å²) in [4.78, 5) is 20.5. The molecule has 0 unspecified atom stereocenters. The van der Waals surface area contributed by atoms with Crippen molar-refractivity contribution in [2.24, 2.45) is 0 Å². The first-order valence-electron chi connectivity index (χ1n) is 11.2. The Balaban J connectivity index is 1.49. The van der Waals surface area contributed by atoms with E-state index < -0.39 is 0 Å². The topological polar surface area (TPSA) is 38.1 Å². The van der Waals surface area contributed by atoms with E-state index in [0.29, 0.717) is 23.7 Å². The molecule has 2 fully saturated rings. The lowest BCUT2D eigenvalue weighted by molar-refractivity contribution is -0.135. The maximum Gasteiger partial charge on any atom is 0.233 e. The molecule has 0 saturated heterocycles. The first-order valence-corrected chi connectivity index (χ1v) is 12.2. The molecule has 2 aliphatic rings. The summed E-state index contributed by atoms with van der Waals surface area (Å²) in [5.41, 5.74) is 2.19. The Kier molecular flexibility index (Phi) is 6.61. The monoisotopic (exact) mass is 399 g/mol. The van der Waals surface area contributed by atoms with Crippen LogP contribution in [0.1, 0.15) is 71.1 Å². The second-order valence-electron chi connectivity index (χ2n) is 8.30. The highest BCUT2D eigenvalue weighted by molar-refractivity contribution is 7.99. The van der Waals surface area contributed by atoms with Crippen LogP contribution in [0.15, 0.2) is 29.4 Å². The first kappa shape index (κ1) is 19.8. The average Bonchev–Trinajstić information content (AvgIpc) is 3.11. The van der Waals surface area contributed by atoms with E-state index in [2.05, 4.69) is 34.6 Å². The van der Waals surface area contributed by atoms with Crippen molar-refractivity contribution in [1.29, 1.82) is 0 Å². The molecule has 4 rings (SSSR count). The highest BCUT2D eigenvalue weighted by Gasteiger charge is 2.32. The van der Waals surface area contributed by atoms with Crippen LogP contribution < -0.4 is 0 Å². The van der Waals surface area contributed by atoms with E-state index in [1.807, 2.05) is 6.07 Å². The third-order valence-electron chi connectivity index (χ3n) is 6.48. The van der Waals surface area contributed by atoms with E-state index in [9.17, 15) is 4.79 Å². The molecule has 1 aromatic heterocycles. The van der Waals surface area contributed by atoms with Gasteiger partial charge in [0.1, 0.15) is 0 Å². The zero-order valence-corrected chi connectivity index (χ0v) is 17.9. The minimum Gasteiger partial charge on any atom is -0.336 e. The van der Waals surface area contributed by atoms with Crippen molar-refractivity contribution in [3.63, 3.8) is 0 Å². The quantitative estimate of drug-likeness (QED) is 0.590. The zero-order chi connectivity index (χ0) is 19.3. The number of nitrogens with zero attached hydrogens (tertiary/aromatic N) is 3. The Morgan fingerprint density at radius 2 is 1.64 bits per heavy atom. The number of carbonyl (C=O) groups excluding carboxylic acids is 1. The minimum atomic E-state index is 0.332. The van der Waals surface area contributed by atoms with Crippen molar-refractivity contribution in [3.8, 4) is 0 Å². The maximum absolute atomic E-state index is 13.4. The van der Waals surface area contributed by atoms with Gasteiger partial charge in [-0.15, -0.1) is 0 Å². The Labute approximate surface area is 173 Å². The number of amides is 1. The molecule has 2 saturated carbocycles. The SMILES string of the molecule is CCn1c(SCC(=O)N(C2CCCCC2)C2CCCCC2)nc2ccccc21. The van der Waals surface area contributed by atoms with Crippen molar-refractivity contribution >= 4 is 28.7 Å². The summed E-state index contributed by atoms with van der Waals surface area (Å²) in [5.74, 6) is 0.842. The lowest BCUT2D eigenvalue weighted by Gasteiger charge is -2.41. The number of rotatable bonds is 6. The highest BCUT2D eigenvalue weighted by atomic mass is 32.2. The fourth-order valence-electron chi connectivity index (χ4n) is 5.09. The number of hydrogen-bond donors (Lipinski definition) is 0. The molecule has 5 heteroatoms. The lowest BCUT2D eigenvalue weighted by atomic mass is 9.88. The Morgan fingerprint density at radius 1 is 1.04 bits per heavy atom. The number of para-hydroxylation sites is 2. The molecule has 0 N–H and O–H groups in total. The van der Waals surface area contributed by atoms with Gasteiger partial charge in [-0.05, 0) is 44.7 Å². The van der Waals surface area contributed by atoms with Gasteiger partial charge in [0.2, 0.25) is 5.91 Å². The largest absolute Gasteiger partial charge is 0.336 e. The molecule has 0 radical (unpaired) electrons. The van der Waals surface area contributed by atoms with Crippen molar-refractivity contribution < 1.29 is 4.79 Å². The van der Waals surface area contributed by atoms with Crippen LogP contribution in [0.25, 0.3) is 11.0 Å². The van der Waals surface area contributed by atoms with Crippen LogP contribution in [-0.4, -0.2) is 38.2 Å². The highest BCUT2D eigenvalue weighted by Crippen LogP contribution is 2.32. The van der Waals surface area contributed by atoms with Crippen LogP contribution in [0.4, 0.5) is 0 Å². The van der Waals surface area contributed by atoms with Crippen LogP contribution in [-0.2, 0) is 11.3 Å². The summed E-state index contributed by atoms with van der Waals surface area (Å²) in [6.07, 6.45) is 12.6. The van der Waals surface area contributed by atoms with Crippen molar-refractivity contribution in [1.82, 2.24) is 14.5 Å². The molecule has 0 bridgehead atoms. The minimum absolute atomic E-state index is 0.332. The van der Waals surface area contributed by atoms with Gasteiger partial charge < -0.3 is 9.47 Å². The third-order valence-corrected chi connectivity index (χ3v) is 7.45. The average molecular weight is 400 g/mol. The third kappa shape index (κ3) is 4.24. The fraction of sp³-hybridized carbons (Fsp3) is 0.652. The van der Waals surface area contributed by atoms with Crippen molar-refractivity contribution in [3.05, 3.63) is 24.3 Å². The number of aromatic nitrogens is 2. The van der Waals surface area contributed by atoms with E-state index in [1.165, 1.54) is 64.2 Å². The van der Waals surface area contributed by atoms with E-state index in [0.717, 1.165) is 22.7 Å². The molecule has 4 nitrogen and oxygen atoms in total. The van der Waals surface area contributed by atoms with E-state index >= 15 is 0 Å². The number of imidazole rings is 1. The first-order chi connectivity index (χ1) is 13.8. The maximum atomic E-state index is 13.4. The van der Waals surface area contributed by atoms with Crippen molar-refractivity contribution in [2.45, 2.75) is 94.9 Å². The number of hydrogen-bond acceptors (Lipinski definition) is 3. The zero-order valence-electron chi connectivity index (χ0n) is 17.1. The van der Waals surface area contributed by atoms with Gasteiger partial charge in [-0.1, -0.05) is 62.4 Å². The number of carbonyl (C=O) groups is 1. The van der Waals surface area contributed by atoms with Gasteiger partial charge >= 0.3 is 0 Å². The molecule has 0 spiro atoms. The number of fused-ring (bicyclic) bond motifs is 1. The van der Waals surface area contributed by atoms with Crippen LogP contribution in [0.3, 0.4) is 0 Å². The van der Waals surface area contributed by atoms with Gasteiger partial charge in [0, 0.05) is 18.6 Å². The molecule has 28 heavy (non-hydrogen) atoms. The molecule has 1 amide bonds. The predicted molar refractivity (Wildman–Crippen MR) is 117 cm³/mol. The number of aryl methyl sites for hydroxylation is 1. The van der Waals surface area contributed by atoms with E-state index in [1.54, 1.807) is 11.8 Å². The van der Waals surface area contributed by atoms with Gasteiger partial charge in [-0.2, -0.15) is 0 Å². The van der Waals surface area contributed by atoms with Crippen LogP contribution in [0.5, 0.6) is 0 Å². The lowest BCUT2D eigenvalue weighted by Crippen LogP contribution is -2.49. The molecular weight excluding hydrogens is 366 g/mol. The predicted octanol–water partition coefficient (Wildman–Crippen LogP) is 5.64. The summed E-state index contributed by atoms with van der Waals surface area (Å²) < 4.78 is 2.23. The molecule has 0 atom stereocenters. The molecule has 2 aliphatic carbocycles. The molecule has 2 aromatic rings. The Bertz CT molecular complexity index is 772. The molecule has 152 valence electrons. The molecule has 0 aliphatic heterocycles. The van der Waals surface area contributed by atoms with Crippen LogP contribution in [0.2, 0.25) is 0 Å². The van der Waals surface area contributed by atoms with Crippen LogP contribution >= 0.6 is 11.8 Å². The summed E-state index contributed by atoms with van der Waals surface area (Å²) in [6.45, 7) is 3.03.